The summed E-state index contributed by atoms with van der Waals surface area (Å²) in [6, 6.07) is 0. The number of phosphoric acid groups is 2. The molecular formula is C45H76O17P2. The van der Waals surface area contributed by atoms with Gasteiger partial charge in [-0.3, -0.25) is 28.0 Å². The summed E-state index contributed by atoms with van der Waals surface area (Å²) in [5.74, 6) is -1.31. The Morgan fingerprint density at radius 3 is 1.64 bits per heavy atom. The lowest BCUT2D eigenvalue weighted by Crippen LogP contribution is -2.64. The highest BCUT2D eigenvalue weighted by Crippen LogP contribution is 2.49. The zero-order valence-electron chi connectivity index (χ0n) is 37.7. The number of hydrogen-bond acceptors (Lipinski definition) is 14. The summed E-state index contributed by atoms with van der Waals surface area (Å²) in [7, 11) is -10.7. The largest absolute Gasteiger partial charge is 0.472 e. The van der Waals surface area contributed by atoms with E-state index in [2.05, 4.69) is 48.8 Å². The van der Waals surface area contributed by atoms with Crippen molar-refractivity contribution in [3.8, 4) is 0 Å². The van der Waals surface area contributed by atoms with E-state index in [1.54, 1.807) is 12.2 Å². The Bertz CT molecular complexity index is 1540. The number of ketones is 1. The third-order valence-electron chi connectivity index (χ3n) is 10.0. The number of esters is 2. The van der Waals surface area contributed by atoms with Crippen LogP contribution in [-0.4, -0.2) is 109 Å². The Labute approximate surface area is 379 Å². The van der Waals surface area contributed by atoms with Gasteiger partial charge in [0.05, 0.1) is 6.61 Å². The number of phosphoric ester groups is 2. The second-order valence-electron chi connectivity index (χ2n) is 15.8. The van der Waals surface area contributed by atoms with Crippen molar-refractivity contribution in [3.63, 3.8) is 0 Å². The van der Waals surface area contributed by atoms with Gasteiger partial charge in [-0.15, -0.1) is 0 Å². The van der Waals surface area contributed by atoms with Gasteiger partial charge in [0.2, 0.25) is 0 Å². The summed E-state index contributed by atoms with van der Waals surface area (Å²) < 4.78 is 49.2. The molecule has 0 heterocycles. The van der Waals surface area contributed by atoms with Gasteiger partial charge in [0.25, 0.3) is 0 Å². The molecule has 19 heteroatoms. The maximum atomic E-state index is 13.0. The van der Waals surface area contributed by atoms with Crippen LogP contribution in [0.15, 0.2) is 60.8 Å². The molecule has 8 atom stereocenters. The zero-order valence-corrected chi connectivity index (χ0v) is 39.5. The van der Waals surface area contributed by atoms with Gasteiger partial charge in [-0.25, -0.2) is 9.13 Å². The summed E-state index contributed by atoms with van der Waals surface area (Å²) >= 11 is 0. The van der Waals surface area contributed by atoms with Crippen LogP contribution in [0.1, 0.15) is 149 Å². The van der Waals surface area contributed by atoms with Crippen LogP contribution in [0.2, 0.25) is 0 Å². The van der Waals surface area contributed by atoms with E-state index in [9.17, 15) is 48.8 Å². The van der Waals surface area contributed by atoms with E-state index < -0.39 is 83.5 Å². The molecule has 1 rings (SSSR count). The van der Waals surface area contributed by atoms with Crippen LogP contribution < -0.4 is 0 Å². The van der Waals surface area contributed by atoms with Gasteiger partial charge in [-0.05, 0) is 76.7 Å². The van der Waals surface area contributed by atoms with E-state index >= 15 is 0 Å². The molecule has 0 bridgehead atoms. The third-order valence-corrected chi connectivity index (χ3v) is 11.5. The fraction of sp³-hybridized carbons (Fsp3) is 0.711. The first-order valence-electron chi connectivity index (χ1n) is 22.8. The Hall–Kier alpha value is -2.63. The minimum atomic E-state index is -5.38. The molecule has 0 aliphatic heterocycles. The molecule has 1 saturated carbocycles. The Balaban J connectivity index is 2.69. The topological polar surface area (TPSA) is 273 Å². The maximum Gasteiger partial charge on any atom is 0.472 e. The first-order valence-corrected chi connectivity index (χ1v) is 25.8. The summed E-state index contributed by atoms with van der Waals surface area (Å²) in [6.45, 7) is 2.88. The van der Waals surface area contributed by atoms with Crippen molar-refractivity contribution in [3.05, 3.63) is 60.8 Å². The van der Waals surface area contributed by atoms with Crippen molar-refractivity contribution in [2.75, 3.05) is 13.2 Å². The minimum Gasteiger partial charge on any atom is -0.462 e. The summed E-state index contributed by atoms with van der Waals surface area (Å²) in [4.78, 5) is 66.3. The number of aliphatic hydroxyl groups is 4. The lowest BCUT2D eigenvalue weighted by molar-refractivity contribution is -0.216. The molecule has 1 aliphatic rings. The van der Waals surface area contributed by atoms with Crippen LogP contribution in [0.25, 0.3) is 0 Å². The highest BCUT2D eigenvalue weighted by atomic mass is 31.2. The molecule has 0 aromatic rings. The highest BCUT2D eigenvalue weighted by Gasteiger charge is 2.54. The molecule has 0 radical (unpaired) electrons. The van der Waals surface area contributed by atoms with Crippen LogP contribution in [0, 0.1) is 0 Å². The maximum absolute atomic E-state index is 13.0. The van der Waals surface area contributed by atoms with Crippen LogP contribution >= 0.6 is 15.6 Å². The highest BCUT2D eigenvalue weighted by molar-refractivity contribution is 7.47. The molecule has 0 saturated heterocycles. The Morgan fingerprint density at radius 1 is 0.547 bits per heavy atom. The molecule has 7 N–H and O–H groups in total. The van der Waals surface area contributed by atoms with Crippen LogP contribution in [0.3, 0.4) is 0 Å². The first kappa shape index (κ1) is 59.4. The molecule has 64 heavy (non-hydrogen) atoms. The fourth-order valence-corrected chi connectivity index (χ4v) is 7.96. The smallest absolute Gasteiger partial charge is 0.462 e. The molecule has 368 valence electrons. The van der Waals surface area contributed by atoms with Crippen LogP contribution in [0.5, 0.6) is 0 Å². The summed E-state index contributed by atoms with van der Waals surface area (Å²) in [5, 5.41) is 41.2. The number of hydrogen-bond donors (Lipinski definition) is 7. The van der Waals surface area contributed by atoms with Crippen molar-refractivity contribution in [1.82, 2.24) is 0 Å². The molecule has 0 amide bonds. The lowest BCUT2D eigenvalue weighted by Gasteiger charge is -2.43. The molecule has 5 unspecified atom stereocenters. The van der Waals surface area contributed by atoms with Crippen LogP contribution in [0.4, 0.5) is 0 Å². The molecule has 0 aromatic carbocycles. The number of unbranched alkanes of at least 4 members (excludes halogenated alkanes) is 12. The number of allylic oxidation sites excluding steroid dienone is 10. The van der Waals surface area contributed by atoms with E-state index in [4.69, 9.17) is 28.3 Å². The van der Waals surface area contributed by atoms with Crippen LogP contribution in [-0.2, 0) is 46.6 Å². The number of rotatable bonds is 37. The molecule has 1 fully saturated rings. The van der Waals surface area contributed by atoms with Crippen molar-refractivity contribution < 1.29 is 81.7 Å². The summed E-state index contributed by atoms with van der Waals surface area (Å²) in [6.07, 6.45) is 21.5. The standard InChI is InChI=1S/C45H76O17P2/c1-3-5-7-9-11-12-13-14-15-16-17-18-20-24-28-32-38(47)58-34-37(60-39(48)33-29-25-21-23-27-31-36(46)30-26-22-19-10-8-6-4-2)35-59-64(56,57)62-45-42(51)40(49)41(50)44(43(45)52)61-63(53,54)55/h11-12,14-15,17-19,22,26,30,37,40-45,49-52H,3-10,13,16,20-21,23-25,27-29,31-35H2,1-2H3,(H,56,57)(H2,53,54,55)/b12-11-,15-14-,18-17-,22-19-,30-26+/t37-,40?,41?,42?,43?,44-,45+/m1/s1. The third kappa shape index (κ3) is 29.8. The average molecular weight is 951 g/mol. The second-order valence-corrected chi connectivity index (χ2v) is 18.4. The number of ether oxygens (including phenoxy) is 2. The Kier molecular flexibility index (Phi) is 33.0. The Morgan fingerprint density at radius 2 is 1.05 bits per heavy atom. The molecular weight excluding hydrogens is 874 g/mol. The average Bonchev–Trinajstić information content (AvgIpc) is 3.24. The number of carbonyl (C=O) groups excluding carboxylic acids is 3. The van der Waals surface area contributed by atoms with Gasteiger partial charge in [0, 0.05) is 19.3 Å². The van der Waals surface area contributed by atoms with Crippen molar-refractivity contribution >= 4 is 33.4 Å². The van der Waals surface area contributed by atoms with E-state index in [0.717, 1.165) is 57.8 Å². The van der Waals surface area contributed by atoms with Crippen molar-refractivity contribution in [1.29, 1.82) is 0 Å². The van der Waals surface area contributed by atoms with Gasteiger partial charge in [-0.2, -0.15) is 0 Å². The van der Waals surface area contributed by atoms with E-state index in [1.807, 2.05) is 18.2 Å². The molecule has 17 nitrogen and oxygen atoms in total. The molecule has 1 aliphatic carbocycles. The quantitative estimate of drug-likeness (QED) is 0.00795. The normalized spacial score (nSPS) is 22.3. The predicted molar refractivity (Wildman–Crippen MR) is 241 cm³/mol. The number of carbonyl (C=O) groups is 3. The number of aliphatic hydroxyl groups excluding tert-OH is 4. The van der Waals surface area contributed by atoms with Crippen molar-refractivity contribution in [2.24, 2.45) is 0 Å². The SMILES string of the molecule is CCCCC/C=C\C=C\C(=O)CCCCCCCC(=O)O[C@H](COC(=O)CCCC/C=C\C/C=C\C/C=C\CCCCC)COP(=O)(O)O[C@H]1C(O)C(O)C(O)[C@@H](OP(=O)(O)O)C1O. The van der Waals surface area contributed by atoms with Gasteiger partial charge < -0.3 is 44.6 Å². The fourth-order valence-electron chi connectivity index (χ4n) is 6.42. The minimum absolute atomic E-state index is 0.0392. The van der Waals surface area contributed by atoms with Gasteiger partial charge >= 0.3 is 27.6 Å². The van der Waals surface area contributed by atoms with Gasteiger partial charge in [-0.1, -0.05) is 113 Å². The molecule has 0 aromatic heterocycles. The lowest BCUT2D eigenvalue weighted by atomic mass is 9.85. The molecule has 0 spiro atoms. The first-order chi connectivity index (χ1) is 30.5. The van der Waals surface area contributed by atoms with E-state index in [-0.39, 0.29) is 18.6 Å². The zero-order chi connectivity index (χ0) is 47.6. The van der Waals surface area contributed by atoms with E-state index in [0.29, 0.717) is 38.5 Å². The predicted octanol–water partition coefficient (Wildman–Crippen LogP) is 7.46. The van der Waals surface area contributed by atoms with E-state index in [1.165, 1.54) is 25.7 Å². The second kappa shape index (κ2) is 35.5. The van der Waals surface area contributed by atoms with Crippen molar-refractivity contribution in [2.45, 2.75) is 191 Å². The van der Waals surface area contributed by atoms with Gasteiger partial charge in [0.15, 0.2) is 11.9 Å². The van der Waals surface area contributed by atoms with Gasteiger partial charge in [0.1, 0.15) is 43.2 Å². The summed E-state index contributed by atoms with van der Waals surface area (Å²) in [5.41, 5.74) is 0. The monoisotopic (exact) mass is 950 g/mol.